The van der Waals surface area contributed by atoms with E-state index in [0.717, 1.165) is 17.7 Å². The molecule has 166 valence electrons. The van der Waals surface area contributed by atoms with Crippen LogP contribution in [0.15, 0.2) is 63.3 Å². The Bertz CT molecular complexity index is 942. The molecule has 0 aliphatic carbocycles. The van der Waals surface area contributed by atoms with Crippen molar-refractivity contribution in [1.29, 1.82) is 0 Å². The molecule has 0 aliphatic rings. The number of halogens is 6. The number of allylic oxidation sites excluding steroid dienone is 1. The summed E-state index contributed by atoms with van der Waals surface area (Å²) < 4.78 is 68.9. The number of hydrogen-bond acceptors (Lipinski definition) is 4. The molecule has 0 amide bonds. The van der Waals surface area contributed by atoms with Gasteiger partial charge in [0.05, 0.1) is 5.56 Å². The van der Waals surface area contributed by atoms with Crippen molar-refractivity contribution < 1.29 is 26.7 Å². The average Bonchev–Trinajstić information content (AvgIpc) is 2.72. The Morgan fingerprint density at radius 2 is 1.87 bits per heavy atom. The van der Waals surface area contributed by atoms with Gasteiger partial charge in [0.15, 0.2) is 0 Å². The van der Waals surface area contributed by atoms with Gasteiger partial charge in [-0.3, -0.25) is 9.98 Å². The summed E-state index contributed by atoms with van der Waals surface area (Å²) in [4.78, 5) is 10.7. The molecule has 1 aromatic heterocycles. The summed E-state index contributed by atoms with van der Waals surface area (Å²) in [6.45, 7) is 3.42. The van der Waals surface area contributed by atoms with E-state index < -0.39 is 23.9 Å². The SMILES string of the molecule is C=N/C(=C(Cl)\C(=N/C)NCCc1ccc(Oc2ccc(C(F)(F)F)cn2)cc1)C(F)F. The summed E-state index contributed by atoms with van der Waals surface area (Å²) in [7, 11) is 1.40. The van der Waals surface area contributed by atoms with Crippen molar-refractivity contribution in [3.8, 4) is 11.6 Å². The summed E-state index contributed by atoms with van der Waals surface area (Å²) in [5.41, 5.74) is -0.642. The molecule has 2 aromatic rings. The minimum Gasteiger partial charge on any atom is -0.439 e. The minimum atomic E-state index is -4.47. The van der Waals surface area contributed by atoms with Crippen molar-refractivity contribution in [2.45, 2.75) is 19.0 Å². The van der Waals surface area contributed by atoms with Crippen LogP contribution in [0.1, 0.15) is 11.1 Å². The summed E-state index contributed by atoms with van der Waals surface area (Å²) in [6.07, 6.45) is -6.14. The molecule has 1 heterocycles. The molecule has 1 aromatic carbocycles. The second-order valence-electron chi connectivity index (χ2n) is 6.04. The molecular weight excluding hydrogens is 443 g/mol. The smallest absolute Gasteiger partial charge is 0.417 e. The fourth-order valence-electron chi connectivity index (χ4n) is 2.39. The number of rotatable bonds is 8. The highest BCUT2D eigenvalue weighted by molar-refractivity contribution is 6.43. The Morgan fingerprint density at radius 1 is 1.19 bits per heavy atom. The lowest BCUT2D eigenvalue weighted by molar-refractivity contribution is -0.137. The van der Waals surface area contributed by atoms with Crippen LogP contribution in [0, 0.1) is 0 Å². The third kappa shape index (κ3) is 7.02. The normalized spacial score (nSPS) is 13.1. The average molecular weight is 461 g/mol. The van der Waals surface area contributed by atoms with Crippen molar-refractivity contribution in [2.75, 3.05) is 13.6 Å². The van der Waals surface area contributed by atoms with Gasteiger partial charge in [-0.1, -0.05) is 23.7 Å². The van der Waals surface area contributed by atoms with E-state index in [4.69, 9.17) is 16.3 Å². The monoisotopic (exact) mass is 460 g/mol. The molecule has 0 bridgehead atoms. The Labute approximate surface area is 180 Å². The number of alkyl halides is 5. The molecule has 5 nitrogen and oxygen atoms in total. The first kappa shape index (κ1) is 24.3. The quantitative estimate of drug-likeness (QED) is 0.323. The topological polar surface area (TPSA) is 58.9 Å². The number of nitrogens with zero attached hydrogens (tertiary/aromatic N) is 3. The molecule has 11 heteroatoms. The van der Waals surface area contributed by atoms with E-state index in [9.17, 15) is 22.0 Å². The van der Waals surface area contributed by atoms with Crippen LogP contribution in [0.25, 0.3) is 0 Å². The van der Waals surface area contributed by atoms with E-state index in [1.807, 2.05) is 0 Å². The van der Waals surface area contributed by atoms with Gasteiger partial charge in [-0.25, -0.2) is 13.8 Å². The number of amidine groups is 1. The van der Waals surface area contributed by atoms with Crippen LogP contribution >= 0.6 is 11.6 Å². The van der Waals surface area contributed by atoms with Gasteiger partial charge < -0.3 is 10.1 Å². The lowest BCUT2D eigenvalue weighted by atomic mass is 10.1. The molecule has 0 unspecified atom stereocenters. The molecule has 0 saturated carbocycles. The van der Waals surface area contributed by atoms with E-state index in [1.165, 1.54) is 7.05 Å². The van der Waals surface area contributed by atoms with Gasteiger partial charge in [-0.2, -0.15) is 13.2 Å². The predicted molar refractivity (Wildman–Crippen MR) is 109 cm³/mol. The highest BCUT2D eigenvalue weighted by Crippen LogP contribution is 2.30. The lowest BCUT2D eigenvalue weighted by Crippen LogP contribution is -2.27. The molecule has 0 aliphatic heterocycles. The fourth-order valence-corrected chi connectivity index (χ4v) is 2.68. The summed E-state index contributed by atoms with van der Waals surface area (Å²) in [5, 5.41) is 2.56. The van der Waals surface area contributed by atoms with Crippen molar-refractivity contribution in [3.05, 3.63) is 64.5 Å². The maximum Gasteiger partial charge on any atom is 0.417 e. The van der Waals surface area contributed by atoms with Crippen LogP contribution in [0.2, 0.25) is 0 Å². The Hall–Kier alpha value is -3.01. The zero-order chi connectivity index (χ0) is 23.0. The number of aromatic nitrogens is 1. The Kier molecular flexibility index (Phi) is 8.49. The molecule has 31 heavy (non-hydrogen) atoms. The van der Waals surface area contributed by atoms with Gasteiger partial charge >= 0.3 is 6.18 Å². The van der Waals surface area contributed by atoms with Crippen molar-refractivity contribution in [2.24, 2.45) is 9.98 Å². The van der Waals surface area contributed by atoms with Crippen LogP contribution in [0.3, 0.4) is 0 Å². The minimum absolute atomic E-state index is 0.0262. The first-order valence-electron chi connectivity index (χ1n) is 8.81. The van der Waals surface area contributed by atoms with Crippen LogP contribution in [0.5, 0.6) is 11.6 Å². The van der Waals surface area contributed by atoms with Crippen LogP contribution in [-0.2, 0) is 12.6 Å². The Morgan fingerprint density at radius 3 is 2.35 bits per heavy atom. The molecule has 0 atom stereocenters. The molecule has 2 rings (SSSR count). The molecule has 0 fully saturated rings. The second kappa shape index (κ2) is 10.9. The zero-order valence-electron chi connectivity index (χ0n) is 16.3. The lowest BCUT2D eigenvalue weighted by Gasteiger charge is -2.11. The number of hydrogen-bond donors (Lipinski definition) is 1. The van der Waals surface area contributed by atoms with Gasteiger partial charge in [-0.05, 0) is 36.9 Å². The number of ether oxygens (including phenoxy) is 1. The molecule has 1 N–H and O–H groups in total. The van der Waals surface area contributed by atoms with Crippen LogP contribution in [-0.4, -0.2) is 37.6 Å². The highest BCUT2D eigenvalue weighted by atomic mass is 35.5. The van der Waals surface area contributed by atoms with Gasteiger partial charge in [0.25, 0.3) is 6.43 Å². The van der Waals surface area contributed by atoms with Gasteiger partial charge in [0.2, 0.25) is 5.88 Å². The van der Waals surface area contributed by atoms with Crippen LogP contribution < -0.4 is 10.1 Å². The summed E-state index contributed by atoms with van der Waals surface area (Å²) in [6, 6.07) is 8.78. The third-order valence-corrected chi connectivity index (χ3v) is 4.32. The van der Waals surface area contributed by atoms with E-state index in [2.05, 4.69) is 27.0 Å². The van der Waals surface area contributed by atoms with E-state index in [-0.39, 0.29) is 16.7 Å². The number of benzene rings is 1. The van der Waals surface area contributed by atoms with Gasteiger partial charge in [-0.15, -0.1) is 0 Å². The highest BCUT2D eigenvalue weighted by Gasteiger charge is 2.30. The first-order chi connectivity index (χ1) is 14.7. The fraction of sp³-hybridized carbons (Fsp3) is 0.250. The summed E-state index contributed by atoms with van der Waals surface area (Å²) >= 11 is 5.91. The van der Waals surface area contributed by atoms with E-state index in [0.29, 0.717) is 24.9 Å². The van der Waals surface area contributed by atoms with Crippen LogP contribution in [0.4, 0.5) is 22.0 Å². The summed E-state index contributed by atoms with van der Waals surface area (Å²) in [5.74, 6) is 0.486. The maximum atomic E-state index is 12.9. The third-order valence-electron chi connectivity index (χ3n) is 3.95. The number of nitrogens with one attached hydrogen (secondary N) is 1. The van der Waals surface area contributed by atoms with E-state index >= 15 is 0 Å². The predicted octanol–water partition coefficient (Wildman–Crippen LogP) is 5.47. The number of aliphatic imine (C=N–C) groups is 2. The van der Waals surface area contributed by atoms with Crippen molar-refractivity contribution in [1.82, 2.24) is 10.3 Å². The van der Waals surface area contributed by atoms with Crippen molar-refractivity contribution >= 4 is 24.2 Å². The van der Waals surface area contributed by atoms with E-state index in [1.54, 1.807) is 24.3 Å². The molecule has 0 spiro atoms. The molecular formula is C20H18ClF5N4O. The largest absolute Gasteiger partial charge is 0.439 e. The van der Waals surface area contributed by atoms with Gasteiger partial charge in [0, 0.05) is 25.9 Å². The molecule has 0 radical (unpaired) electrons. The van der Waals surface area contributed by atoms with Gasteiger partial charge in [0.1, 0.15) is 22.3 Å². The molecule has 0 saturated heterocycles. The maximum absolute atomic E-state index is 12.9. The van der Waals surface area contributed by atoms with Crippen molar-refractivity contribution in [3.63, 3.8) is 0 Å². The second-order valence-corrected chi connectivity index (χ2v) is 6.41. The first-order valence-corrected chi connectivity index (χ1v) is 9.19. The Balaban J connectivity index is 1.93. The zero-order valence-corrected chi connectivity index (χ0v) is 17.0. The number of pyridine rings is 1. The standard InChI is InChI=1S/C20H18ClF5N4O/c1-27-17(18(22)23)16(21)19(28-2)29-10-9-12-3-6-14(7-4-12)31-15-8-5-13(11-30-15)20(24,25)26/h3-8,11,18H,1,9-10H2,2H3,(H,28,29)/b17-16+.